The lowest BCUT2D eigenvalue weighted by molar-refractivity contribution is -0.384. The Balaban J connectivity index is 1.76. The van der Waals surface area contributed by atoms with Crippen LogP contribution >= 0.6 is 11.8 Å². The number of anilines is 1. The molecular weight excluding hydrogens is 307 g/mol. The van der Waals surface area contributed by atoms with Crippen molar-refractivity contribution >= 4 is 29.0 Å². The number of fused-ring (bicyclic) bond motifs is 1. The van der Waals surface area contributed by atoms with Crippen LogP contribution in [0.25, 0.3) is 0 Å². The van der Waals surface area contributed by atoms with E-state index < -0.39 is 10.7 Å². The van der Waals surface area contributed by atoms with Gasteiger partial charge in [-0.05, 0) is 24.1 Å². The third-order valence-corrected chi connectivity index (χ3v) is 4.68. The molecule has 22 heavy (non-hydrogen) atoms. The molecular formula is C15H11FN2O3S. The van der Waals surface area contributed by atoms with Crippen LogP contribution in [-0.4, -0.2) is 16.1 Å². The van der Waals surface area contributed by atoms with E-state index in [0.717, 1.165) is 28.7 Å². The molecule has 3 rings (SSSR count). The Morgan fingerprint density at radius 3 is 2.82 bits per heavy atom. The quantitative estimate of drug-likeness (QED) is 0.695. The number of carbonyl (C=O) groups is 1. The molecule has 0 spiro atoms. The molecule has 0 radical (unpaired) electrons. The van der Waals surface area contributed by atoms with Crippen LogP contribution in [0.5, 0.6) is 0 Å². The maximum Gasteiger partial charge on any atom is 0.271 e. The minimum Gasteiger partial charge on any atom is -0.322 e. The van der Waals surface area contributed by atoms with Crippen LogP contribution in [0.3, 0.4) is 0 Å². The fourth-order valence-electron chi connectivity index (χ4n) is 2.26. The first-order valence-corrected chi connectivity index (χ1v) is 7.42. The zero-order chi connectivity index (χ0) is 15.7. The van der Waals surface area contributed by atoms with Crippen LogP contribution in [0.15, 0.2) is 47.4 Å². The van der Waals surface area contributed by atoms with Crippen molar-refractivity contribution in [2.24, 2.45) is 0 Å². The van der Waals surface area contributed by atoms with Crippen molar-refractivity contribution in [2.45, 2.75) is 16.6 Å². The largest absolute Gasteiger partial charge is 0.322 e. The Kier molecular flexibility index (Phi) is 3.81. The number of benzene rings is 2. The van der Waals surface area contributed by atoms with E-state index in [1.807, 2.05) is 24.3 Å². The minimum absolute atomic E-state index is 0.171. The van der Waals surface area contributed by atoms with Gasteiger partial charge in [0.2, 0.25) is 5.91 Å². The number of non-ortho nitro benzene ring substituents is 1. The lowest BCUT2D eigenvalue weighted by Crippen LogP contribution is -2.25. The van der Waals surface area contributed by atoms with Gasteiger partial charge in [0.05, 0.1) is 15.9 Å². The van der Waals surface area contributed by atoms with E-state index >= 15 is 0 Å². The van der Waals surface area contributed by atoms with Gasteiger partial charge >= 0.3 is 0 Å². The van der Waals surface area contributed by atoms with E-state index in [1.165, 1.54) is 11.8 Å². The van der Waals surface area contributed by atoms with Gasteiger partial charge in [0.25, 0.3) is 5.69 Å². The number of carbonyl (C=O) groups excluding carboxylic acids is 1. The lowest BCUT2D eigenvalue weighted by Gasteiger charge is -2.10. The summed E-state index contributed by atoms with van der Waals surface area (Å²) < 4.78 is 13.7. The van der Waals surface area contributed by atoms with E-state index in [-0.39, 0.29) is 22.5 Å². The summed E-state index contributed by atoms with van der Waals surface area (Å²) in [5.41, 5.74) is 0.641. The highest BCUT2D eigenvalue weighted by molar-refractivity contribution is 8.01. The summed E-state index contributed by atoms with van der Waals surface area (Å²) in [5.74, 6) is -1.06. The van der Waals surface area contributed by atoms with Crippen LogP contribution < -0.4 is 5.32 Å². The number of nitro benzene ring substituents is 1. The Bertz CT molecular complexity index is 741. The summed E-state index contributed by atoms with van der Waals surface area (Å²) in [4.78, 5) is 23.4. The third kappa shape index (κ3) is 2.80. The second-order valence-electron chi connectivity index (χ2n) is 4.83. The summed E-state index contributed by atoms with van der Waals surface area (Å²) >= 11 is 1.41. The predicted molar refractivity (Wildman–Crippen MR) is 81.5 cm³/mol. The van der Waals surface area contributed by atoms with Crippen molar-refractivity contribution in [2.75, 3.05) is 5.32 Å². The van der Waals surface area contributed by atoms with Crippen LogP contribution in [0.2, 0.25) is 0 Å². The van der Waals surface area contributed by atoms with Crippen molar-refractivity contribution in [1.82, 2.24) is 0 Å². The first-order valence-electron chi connectivity index (χ1n) is 6.54. The van der Waals surface area contributed by atoms with Crippen molar-refractivity contribution in [3.05, 3.63) is 64.0 Å². The molecule has 1 N–H and O–H groups in total. The zero-order valence-corrected chi connectivity index (χ0v) is 12.1. The van der Waals surface area contributed by atoms with E-state index in [2.05, 4.69) is 5.32 Å². The fraction of sp³-hybridized carbons (Fsp3) is 0.133. The smallest absolute Gasteiger partial charge is 0.271 e. The first-order chi connectivity index (χ1) is 10.5. The van der Waals surface area contributed by atoms with Gasteiger partial charge in [0, 0.05) is 17.0 Å². The minimum atomic E-state index is -0.695. The van der Waals surface area contributed by atoms with E-state index in [0.29, 0.717) is 6.42 Å². The second kappa shape index (κ2) is 5.76. The van der Waals surface area contributed by atoms with Gasteiger partial charge in [-0.3, -0.25) is 14.9 Å². The highest BCUT2D eigenvalue weighted by atomic mass is 32.2. The van der Waals surface area contributed by atoms with Crippen molar-refractivity contribution in [3.8, 4) is 0 Å². The predicted octanol–water partition coefficient (Wildman–Crippen LogP) is 3.39. The summed E-state index contributed by atoms with van der Waals surface area (Å²) in [6.07, 6.45) is 0.559. The molecule has 112 valence electrons. The number of amides is 1. The molecule has 0 saturated heterocycles. The van der Waals surface area contributed by atoms with Gasteiger partial charge in [-0.15, -0.1) is 11.8 Å². The molecule has 0 bridgehead atoms. The molecule has 1 unspecified atom stereocenters. The number of nitrogens with one attached hydrogen (secondary N) is 1. The SMILES string of the molecule is O=C(Nc1cc([N+](=O)[O-])ccc1F)C1Cc2ccccc2S1. The van der Waals surface area contributed by atoms with Gasteiger partial charge in [0.15, 0.2) is 0 Å². The average molecular weight is 318 g/mol. The van der Waals surface area contributed by atoms with Crippen LogP contribution in [0.4, 0.5) is 15.8 Å². The molecule has 1 amide bonds. The number of rotatable bonds is 3. The van der Waals surface area contributed by atoms with Gasteiger partial charge in [-0.25, -0.2) is 4.39 Å². The van der Waals surface area contributed by atoms with Gasteiger partial charge in [-0.2, -0.15) is 0 Å². The number of nitro groups is 1. The van der Waals surface area contributed by atoms with Gasteiger partial charge < -0.3 is 5.32 Å². The summed E-state index contributed by atoms with van der Waals surface area (Å²) in [6, 6.07) is 10.7. The maximum absolute atomic E-state index is 13.7. The number of hydrogen-bond acceptors (Lipinski definition) is 4. The van der Waals surface area contributed by atoms with Crippen molar-refractivity contribution in [3.63, 3.8) is 0 Å². The standard InChI is InChI=1S/C15H11FN2O3S/c16-11-6-5-10(18(20)21)8-12(11)17-15(19)14-7-9-3-1-2-4-13(9)22-14/h1-6,8,14H,7H2,(H,17,19). The monoisotopic (exact) mass is 318 g/mol. The van der Waals surface area contributed by atoms with Gasteiger partial charge in [0.1, 0.15) is 5.82 Å². The number of halogens is 1. The number of nitrogens with zero attached hydrogens (tertiary/aromatic N) is 1. The summed E-state index contributed by atoms with van der Waals surface area (Å²) in [5, 5.41) is 12.8. The molecule has 5 nitrogen and oxygen atoms in total. The Hall–Kier alpha value is -2.41. The Morgan fingerprint density at radius 1 is 1.32 bits per heavy atom. The van der Waals surface area contributed by atoms with E-state index in [4.69, 9.17) is 0 Å². The highest BCUT2D eigenvalue weighted by Crippen LogP contribution is 2.37. The molecule has 2 aromatic rings. The van der Waals surface area contributed by atoms with Crippen molar-refractivity contribution < 1.29 is 14.1 Å². The molecule has 0 saturated carbocycles. The van der Waals surface area contributed by atoms with Crippen LogP contribution in [-0.2, 0) is 11.2 Å². The van der Waals surface area contributed by atoms with E-state index in [9.17, 15) is 19.3 Å². The topological polar surface area (TPSA) is 72.2 Å². The van der Waals surface area contributed by atoms with Crippen LogP contribution in [0, 0.1) is 15.9 Å². The first kappa shape index (κ1) is 14.5. The van der Waals surface area contributed by atoms with Gasteiger partial charge in [-0.1, -0.05) is 18.2 Å². The molecule has 1 aliphatic heterocycles. The Morgan fingerprint density at radius 2 is 2.09 bits per heavy atom. The van der Waals surface area contributed by atoms with E-state index in [1.54, 1.807) is 0 Å². The molecule has 1 aliphatic rings. The molecule has 1 heterocycles. The number of hydrogen-bond donors (Lipinski definition) is 1. The van der Waals surface area contributed by atoms with Crippen molar-refractivity contribution in [1.29, 1.82) is 0 Å². The average Bonchev–Trinajstić information content (AvgIpc) is 2.93. The molecule has 0 aliphatic carbocycles. The Labute approximate surface area is 129 Å². The third-order valence-electron chi connectivity index (χ3n) is 3.36. The maximum atomic E-state index is 13.7. The molecule has 1 atom stereocenters. The molecule has 0 aromatic heterocycles. The zero-order valence-electron chi connectivity index (χ0n) is 11.3. The molecule has 2 aromatic carbocycles. The molecule has 7 heteroatoms. The highest BCUT2D eigenvalue weighted by Gasteiger charge is 2.28. The fourth-order valence-corrected chi connectivity index (χ4v) is 3.46. The lowest BCUT2D eigenvalue weighted by atomic mass is 10.1. The summed E-state index contributed by atoms with van der Waals surface area (Å²) in [6.45, 7) is 0. The second-order valence-corrected chi connectivity index (χ2v) is 6.07. The van der Waals surface area contributed by atoms with Crippen LogP contribution in [0.1, 0.15) is 5.56 Å². The summed E-state index contributed by atoms with van der Waals surface area (Å²) in [7, 11) is 0. The molecule has 0 fully saturated rings. The number of thioether (sulfide) groups is 1. The normalized spacial score (nSPS) is 16.1.